The zero-order chi connectivity index (χ0) is 9.58. The molecule has 0 aromatic carbocycles. The van der Waals surface area contributed by atoms with Gasteiger partial charge in [-0.05, 0) is 13.8 Å². The molecule has 0 saturated heterocycles. The van der Waals surface area contributed by atoms with Crippen LogP contribution in [0, 0.1) is 20.0 Å². The van der Waals surface area contributed by atoms with Crippen LogP contribution >= 0.6 is 0 Å². The van der Waals surface area contributed by atoms with Crippen molar-refractivity contribution in [1.82, 2.24) is 0 Å². The maximum Gasteiger partial charge on any atom is 0 e. The van der Waals surface area contributed by atoms with Gasteiger partial charge in [-0.25, -0.2) is 0 Å². The van der Waals surface area contributed by atoms with Gasteiger partial charge in [0.25, 0.3) is 0 Å². The molecule has 0 aromatic rings. The molecule has 0 aliphatic carbocycles. The van der Waals surface area contributed by atoms with E-state index in [0.29, 0.717) is 0 Å². The molecule has 0 spiro atoms. The minimum absolute atomic E-state index is 0. The average molecular weight is 196 g/mol. The molecule has 0 aromatic heterocycles. The monoisotopic (exact) mass is 196 g/mol. The van der Waals surface area contributed by atoms with Crippen molar-refractivity contribution < 1.29 is 31.0 Å². The maximum absolute atomic E-state index is 7.50. The van der Waals surface area contributed by atoms with Crippen molar-refractivity contribution in [2.24, 2.45) is 0 Å². The normalized spacial score (nSPS) is 2.91. The second-order valence-corrected chi connectivity index (χ2v) is 1.21. The SMILES string of the molecule is C=C(C)C.[C-]#[O+].[C-]#[O+].[C-]#[O+].[Fe]. The van der Waals surface area contributed by atoms with E-state index in [1.807, 2.05) is 13.8 Å². The van der Waals surface area contributed by atoms with Crippen molar-refractivity contribution >= 4 is 0 Å². The minimum atomic E-state index is 0. The van der Waals surface area contributed by atoms with Gasteiger partial charge in [0, 0.05) is 17.1 Å². The van der Waals surface area contributed by atoms with Crippen molar-refractivity contribution in [2.45, 2.75) is 13.8 Å². The Hall–Kier alpha value is -0.521. The molecule has 11 heavy (non-hydrogen) atoms. The van der Waals surface area contributed by atoms with Gasteiger partial charge >= 0.3 is 33.9 Å². The summed E-state index contributed by atoms with van der Waals surface area (Å²) < 4.78 is 22.5. The molecule has 3 nitrogen and oxygen atoms in total. The van der Waals surface area contributed by atoms with Crippen LogP contribution in [0.5, 0.6) is 0 Å². The van der Waals surface area contributed by atoms with Crippen LogP contribution in [0.1, 0.15) is 13.8 Å². The Kier molecular flexibility index (Phi) is 316. The average Bonchev–Trinajstić information content (AvgIpc) is 1.98. The van der Waals surface area contributed by atoms with Gasteiger partial charge in [-0.3, -0.25) is 0 Å². The maximum atomic E-state index is 7.50. The fourth-order valence-corrected chi connectivity index (χ4v) is 0. The van der Waals surface area contributed by atoms with Gasteiger partial charge in [0.1, 0.15) is 0 Å². The summed E-state index contributed by atoms with van der Waals surface area (Å²) in [5.74, 6) is 0. The van der Waals surface area contributed by atoms with Gasteiger partial charge in [0.2, 0.25) is 0 Å². The molecule has 0 fully saturated rings. The Bertz CT molecular complexity index is 94.3. The van der Waals surface area contributed by atoms with Gasteiger partial charge in [-0.15, -0.1) is 6.58 Å². The molecule has 4 heteroatoms. The van der Waals surface area contributed by atoms with Crippen LogP contribution in [0.2, 0.25) is 0 Å². The largest absolute Gasteiger partial charge is 0 e. The minimum Gasteiger partial charge on any atom is 0 e. The van der Waals surface area contributed by atoms with Crippen LogP contribution in [-0.4, -0.2) is 0 Å². The van der Waals surface area contributed by atoms with E-state index in [-0.39, 0.29) is 17.1 Å². The topological polar surface area (TPSA) is 59.7 Å². The predicted octanol–water partition coefficient (Wildman–Crippen LogP) is 1.47. The Morgan fingerprint density at radius 3 is 0.909 bits per heavy atom. The molecule has 62 valence electrons. The van der Waals surface area contributed by atoms with Crippen molar-refractivity contribution in [3.8, 4) is 0 Å². The molecule has 0 radical (unpaired) electrons. The Balaban J connectivity index is -0.0000000152. The van der Waals surface area contributed by atoms with Crippen LogP contribution in [0.15, 0.2) is 12.2 Å². The fraction of sp³-hybridized carbons (Fsp3) is 0.286. The Morgan fingerprint density at radius 2 is 0.909 bits per heavy atom. The van der Waals surface area contributed by atoms with Gasteiger partial charge < -0.3 is 0 Å². The van der Waals surface area contributed by atoms with Gasteiger partial charge in [0.15, 0.2) is 0 Å². The predicted molar refractivity (Wildman–Crippen MR) is 32.3 cm³/mol. The summed E-state index contributed by atoms with van der Waals surface area (Å²) in [6, 6.07) is 0. The number of rotatable bonds is 0. The quantitative estimate of drug-likeness (QED) is 0.244. The second kappa shape index (κ2) is 111. The molecule has 0 bridgehead atoms. The summed E-state index contributed by atoms with van der Waals surface area (Å²) in [6.07, 6.45) is 0. The third kappa shape index (κ3) is 1960. The Labute approximate surface area is 77.5 Å². The first kappa shape index (κ1) is 31.4. The molecule has 0 unspecified atom stereocenters. The van der Waals surface area contributed by atoms with E-state index in [4.69, 9.17) is 14.0 Å². The van der Waals surface area contributed by atoms with Crippen molar-refractivity contribution in [1.29, 1.82) is 0 Å². The van der Waals surface area contributed by atoms with E-state index < -0.39 is 0 Å². The van der Waals surface area contributed by atoms with Crippen molar-refractivity contribution in [3.63, 3.8) is 0 Å². The van der Waals surface area contributed by atoms with Crippen LogP contribution in [-0.2, 0) is 31.0 Å². The standard InChI is InChI=1S/C4H8.3CO.Fe/c1-4(2)3;3*1-2;/h1H2,2-3H3;;;;. The molecular weight excluding hydrogens is 188 g/mol. The Morgan fingerprint density at radius 1 is 0.909 bits per heavy atom. The zero-order valence-corrected chi connectivity index (χ0v) is 7.39. The molecular formula is C7H8FeO3. The molecule has 0 aliphatic rings. The van der Waals surface area contributed by atoms with E-state index in [0.717, 1.165) is 0 Å². The number of allylic oxidation sites excluding steroid dienone is 1. The van der Waals surface area contributed by atoms with Crippen LogP contribution in [0.4, 0.5) is 0 Å². The van der Waals surface area contributed by atoms with Crippen LogP contribution in [0.3, 0.4) is 0 Å². The third-order valence-corrected chi connectivity index (χ3v) is 0. The van der Waals surface area contributed by atoms with Crippen LogP contribution < -0.4 is 0 Å². The first-order chi connectivity index (χ1) is 4.73. The zero-order valence-electron chi connectivity index (χ0n) is 6.29. The van der Waals surface area contributed by atoms with Crippen molar-refractivity contribution in [3.05, 3.63) is 32.1 Å². The van der Waals surface area contributed by atoms with Gasteiger partial charge in [-0.1, -0.05) is 5.57 Å². The molecule has 0 heterocycles. The molecule has 0 atom stereocenters. The molecule has 0 aliphatic heterocycles. The van der Waals surface area contributed by atoms with E-state index >= 15 is 0 Å². The summed E-state index contributed by atoms with van der Waals surface area (Å²) in [5, 5.41) is 0. The summed E-state index contributed by atoms with van der Waals surface area (Å²) >= 11 is 0. The summed E-state index contributed by atoms with van der Waals surface area (Å²) in [6.45, 7) is 21.0. The molecule has 0 saturated carbocycles. The first-order valence-corrected chi connectivity index (χ1v) is 1.97. The van der Waals surface area contributed by atoms with E-state index in [9.17, 15) is 0 Å². The van der Waals surface area contributed by atoms with E-state index in [2.05, 4.69) is 26.5 Å². The first-order valence-electron chi connectivity index (χ1n) is 1.97. The fourth-order valence-electron chi connectivity index (χ4n) is 0. The number of hydrogen-bond acceptors (Lipinski definition) is 0. The van der Waals surface area contributed by atoms with E-state index in [1.165, 1.54) is 5.57 Å². The van der Waals surface area contributed by atoms with E-state index in [1.54, 1.807) is 0 Å². The van der Waals surface area contributed by atoms with Crippen LogP contribution in [0.25, 0.3) is 0 Å². The molecule has 0 rings (SSSR count). The molecule has 0 amide bonds. The van der Waals surface area contributed by atoms with Gasteiger partial charge in [-0.2, -0.15) is 0 Å². The summed E-state index contributed by atoms with van der Waals surface area (Å²) in [5.41, 5.74) is 1.17. The smallest absolute Gasteiger partial charge is 0 e. The summed E-state index contributed by atoms with van der Waals surface area (Å²) in [7, 11) is 0. The number of hydrogen-bond donors (Lipinski definition) is 0. The third-order valence-electron chi connectivity index (χ3n) is 0. The van der Waals surface area contributed by atoms with Crippen molar-refractivity contribution in [2.75, 3.05) is 0 Å². The van der Waals surface area contributed by atoms with Gasteiger partial charge in [0.05, 0.1) is 0 Å². The second-order valence-electron chi connectivity index (χ2n) is 1.21. The molecule has 0 N–H and O–H groups in total. The summed E-state index contributed by atoms with van der Waals surface area (Å²) in [4.78, 5) is 0.